The maximum atomic E-state index is 13.5. The topological polar surface area (TPSA) is 133 Å². The maximum Gasteiger partial charge on any atom is 0.414 e. The number of morpholine rings is 1. The molecule has 41 heavy (non-hydrogen) atoms. The van der Waals surface area contributed by atoms with E-state index in [4.69, 9.17) is 19.6 Å². The molecule has 1 saturated heterocycles. The van der Waals surface area contributed by atoms with Crippen LogP contribution in [-0.4, -0.2) is 54.6 Å². The highest BCUT2D eigenvalue weighted by Crippen LogP contribution is 2.35. The van der Waals surface area contributed by atoms with Crippen molar-refractivity contribution in [2.24, 2.45) is 5.73 Å². The van der Waals surface area contributed by atoms with E-state index in [1.54, 1.807) is 0 Å². The molecule has 0 saturated carbocycles. The highest BCUT2D eigenvalue weighted by molar-refractivity contribution is 5.98. The standard InChI is InChI=1S/C31H33N5O5/c1-39-31(38)36(28(29(32)37)27(22-11-4-2-5-12-22)23-13-6-3-7-14-23)26-15-9-8-10-21(26)16-17-24-18-33-25(19-40-24)30-35-34-20-41-30/h2-15,20,24-25,27-28,33H,16-19H2,1H3,(H2,32,37)/t24-,25+,28+/m1/s1. The number of amides is 2. The number of aryl methyl sites for hydroxylation is 1. The molecule has 2 amide bonds. The van der Waals surface area contributed by atoms with E-state index >= 15 is 0 Å². The Bertz CT molecular complexity index is 1370. The predicted octanol–water partition coefficient (Wildman–Crippen LogP) is 3.99. The molecule has 0 aliphatic carbocycles. The maximum absolute atomic E-state index is 13.5. The van der Waals surface area contributed by atoms with Gasteiger partial charge in [0.05, 0.1) is 25.5 Å². The highest BCUT2D eigenvalue weighted by Gasteiger charge is 2.39. The van der Waals surface area contributed by atoms with Crippen LogP contribution in [0.15, 0.2) is 95.7 Å². The fraction of sp³-hybridized carbons (Fsp3) is 0.290. The summed E-state index contributed by atoms with van der Waals surface area (Å²) in [5, 5.41) is 11.1. The normalized spacial score (nSPS) is 17.6. The van der Waals surface area contributed by atoms with Crippen LogP contribution < -0.4 is 16.0 Å². The summed E-state index contributed by atoms with van der Waals surface area (Å²) in [4.78, 5) is 28.2. The van der Waals surface area contributed by atoms with Crippen molar-refractivity contribution in [2.75, 3.05) is 25.2 Å². The van der Waals surface area contributed by atoms with Gasteiger partial charge in [-0.3, -0.25) is 9.69 Å². The second-order valence-corrected chi connectivity index (χ2v) is 9.85. The number of rotatable bonds is 10. The van der Waals surface area contributed by atoms with Crippen LogP contribution in [0.2, 0.25) is 0 Å². The summed E-state index contributed by atoms with van der Waals surface area (Å²) in [6.45, 7) is 1.01. The summed E-state index contributed by atoms with van der Waals surface area (Å²) >= 11 is 0. The number of hydrogen-bond acceptors (Lipinski definition) is 8. The van der Waals surface area contributed by atoms with Crippen molar-refractivity contribution in [1.82, 2.24) is 15.5 Å². The number of ether oxygens (including phenoxy) is 2. The van der Waals surface area contributed by atoms with Crippen molar-refractivity contribution < 1.29 is 23.5 Å². The lowest BCUT2D eigenvalue weighted by Crippen LogP contribution is -2.52. The fourth-order valence-corrected chi connectivity index (χ4v) is 5.35. The molecule has 0 radical (unpaired) electrons. The van der Waals surface area contributed by atoms with Crippen LogP contribution in [-0.2, 0) is 20.7 Å². The zero-order valence-corrected chi connectivity index (χ0v) is 22.8. The Hall–Kier alpha value is -4.54. The van der Waals surface area contributed by atoms with Gasteiger partial charge in [0.25, 0.3) is 0 Å². The third-order valence-corrected chi connectivity index (χ3v) is 7.33. The van der Waals surface area contributed by atoms with Crippen LogP contribution >= 0.6 is 0 Å². The van der Waals surface area contributed by atoms with Gasteiger partial charge in [-0.15, -0.1) is 10.2 Å². The first kappa shape index (κ1) is 28.0. The van der Waals surface area contributed by atoms with Crippen molar-refractivity contribution in [3.05, 3.63) is 114 Å². The zero-order valence-electron chi connectivity index (χ0n) is 22.8. The molecule has 3 N–H and O–H groups in total. The molecule has 1 aromatic heterocycles. The van der Waals surface area contributed by atoms with Crippen molar-refractivity contribution in [1.29, 1.82) is 0 Å². The molecule has 0 bridgehead atoms. The predicted molar refractivity (Wildman–Crippen MR) is 152 cm³/mol. The molecule has 3 aromatic carbocycles. The molecule has 3 atom stereocenters. The van der Waals surface area contributed by atoms with Gasteiger partial charge in [-0.2, -0.15) is 0 Å². The molecule has 212 valence electrons. The summed E-state index contributed by atoms with van der Waals surface area (Å²) in [6.07, 6.45) is 1.83. The molecular weight excluding hydrogens is 522 g/mol. The molecule has 1 aliphatic heterocycles. The van der Waals surface area contributed by atoms with Crippen LogP contribution in [0.25, 0.3) is 0 Å². The van der Waals surface area contributed by atoms with Gasteiger partial charge in [-0.05, 0) is 35.6 Å². The van der Waals surface area contributed by atoms with E-state index in [2.05, 4.69) is 15.5 Å². The van der Waals surface area contributed by atoms with Crippen molar-refractivity contribution in [3.63, 3.8) is 0 Å². The quantitative estimate of drug-likeness (QED) is 0.300. The Labute approximate surface area is 238 Å². The number of nitrogens with two attached hydrogens (primary N) is 1. The van der Waals surface area contributed by atoms with E-state index in [9.17, 15) is 9.59 Å². The molecule has 2 heterocycles. The monoisotopic (exact) mass is 555 g/mol. The highest BCUT2D eigenvalue weighted by atomic mass is 16.5. The molecule has 5 rings (SSSR count). The fourth-order valence-electron chi connectivity index (χ4n) is 5.35. The average molecular weight is 556 g/mol. The Balaban J connectivity index is 1.44. The van der Waals surface area contributed by atoms with Gasteiger partial charge >= 0.3 is 6.09 Å². The van der Waals surface area contributed by atoms with Gasteiger partial charge in [0.15, 0.2) is 0 Å². The summed E-state index contributed by atoms with van der Waals surface area (Å²) in [5.74, 6) is -0.684. The SMILES string of the molecule is COC(=O)N(c1ccccc1CC[C@@H]1CN[C@H](c2nnco2)CO1)[C@H](C(N)=O)C(c1ccccc1)c1ccccc1. The molecule has 0 spiro atoms. The number of primary amides is 1. The lowest BCUT2D eigenvalue weighted by Gasteiger charge is -2.36. The number of benzene rings is 3. The van der Waals surface area contributed by atoms with E-state index in [1.165, 1.54) is 18.4 Å². The third-order valence-electron chi connectivity index (χ3n) is 7.33. The minimum atomic E-state index is -1.06. The Morgan fingerprint density at radius 2 is 1.68 bits per heavy atom. The molecule has 10 heteroatoms. The van der Waals surface area contributed by atoms with Gasteiger partial charge in [-0.25, -0.2) is 4.79 Å². The Kier molecular flexibility index (Phi) is 9.02. The number of methoxy groups -OCH3 is 1. The molecule has 10 nitrogen and oxygen atoms in total. The first-order chi connectivity index (χ1) is 20.1. The van der Waals surface area contributed by atoms with Crippen molar-refractivity contribution in [3.8, 4) is 0 Å². The van der Waals surface area contributed by atoms with E-state index in [1.807, 2.05) is 84.9 Å². The number of aromatic nitrogens is 2. The number of nitrogens with zero attached hydrogens (tertiary/aromatic N) is 3. The van der Waals surface area contributed by atoms with Crippen molar-refractivity contribution >= 4 is 17.7 Å². The third kappa shape index (κ3) is 6.45. The minimum Gasteiger partial charge on any atom is -0.452 e. The summed E-state index contributed by atoms with van der Waals surface area (Å²) in [7, 11) is 1.30. The summed E-state index contributed by atoms with van der Waals surface area (Å²) < 4.78 is 16.6. The number of anilines is 1. The molecule has 1 fully saturated rings. The Morgan fingerprint density at radius 1 is 1.02 bits per heavy atom. The van der Waals surface area contributed by atoms with Crippen molar-refractivity contribution in [2.45, 2.75) is 36.9 Å². The van der Waals surface area contributed by atoms with Gasteiger partial charge in [-0.1, -0.05) is 78.9 Å². The van der Waals surface area contributed by atoms with E-state index < -0.39 is 24.0 Å². The van der Waals surface area contributed by atoms with Crippen LogP contribution in [0.4, 0.5) is 10.5 Å². The van der Waals surface area contributed by atoms with Gasteiger partial charge in [0, 0.05) is 12.5 Å². The molecule has 4 aromatic rings. The number of carbonyl (C=O) groups excluding carboxylic acids is 2. The van der Waals surface area contributed by atoms with Gasteiger partial charge in [0.2, 0.25) is 18.2 Å². The summed E-state index contributed by atoms with van der Waals surface area (Å²) in [5.41, 5.74) is 9.24. The first-order valence-electron chi connectivity index (χ1n) is 13.5. The van der Waals surface area contributed by atoms with Gasteiger partial charge in [0.1, 0.15) is 12.1 Å². The van der Waals surface area contributed by atoms with E-state index in [0.29, 0.717) is 37.6 Å². The molecule has 1 aliphatic rings. The number of para-hydroxylation sites is 1. The lowest BCUT2D eigenvalue weighted by atomic mass is 9.83. The minimum absolute atomic E-state index is 0.0675. The lowest BCUT2D eigenvalue weighted by molar-refractivity contribution is -0.119. The average Bonchev–Trinajstić information content (AvgIpc) is 3.56. The number of hydrogen-bond donors (Lipinski definition) is 2. The largest absolute Gasteiger partial charge is 0.452 e. The first-order valence-corrected chi connectivity index (χ1v) is 13.5. The Morgan fingerprint density at radius 3 is 2.24 bits per heavy atom. The van der Waals surface area contributed by atoms with Crippen LogP contribution in [0, 0.1) is 0 Å². The van der Waals surface area contributed by atoms with Gasteiger partial charge < -0.3 is 24.9 Å². The molecule has 0 unspecified atom stereocenters. The second kappa shape index (κ2) is 13.2. The molecular formula is C31H33N5O5. The van der Waals surface area contributed by atoms with E-state index in [-0.39, 0.29) is 12.1 Å². The number of carbonyl (C=O) groups is 2. The van der Waals surface area contributed by atoms with E-state index in [0.717, 1.165) is 16.7 Å². The zero-order chi connectivity index (χ0) is 28.6. The summed E-state index contributed by atoms with van der Waals surface area (Å²) in [6, 6.07) is 25.5. The number of nitrogens with one attached hydrogen (secondary N) is 1. The van der Waals surface area contributed by atoms with Crippen LogP contribution in [0.5, 0.6) is 0 Å². The smallest absolute Gasteiger partial charge is 0.414 e. The second-order valence-electron chi connectivity index (χ2n) is 9.85. The van der Waals surface area contributed by atoms with Crippen LogP contribution in [0.3, 0.4) is 0 Å². The van der Waals surface area contributed by atoms with Crippen LogP contribution in [0.1, 0.15) is 41.0 Å².